The summed E-state index contributed by atoms with van der Waals surface area (Å²) < 4.78 is 0.969. The van der Waals surface area contributed by atoms with Gasteiger partial charge in [0.1, 0.15) is 0 Å². The lowest BCUT2D eigenvalue weighted by atomic mass is 10.6. The van der Waals surface area contributed by atoms with Gasteiger partial charge in [-0.3, -0.25) is 0 Å². The van der Waals surface area contributed by atoms with Crippen molar-refractivity contribution in [2.45, 2.75) is 0 Å². The summed E-state index contributed by atoms with van der Waals surface area (Å²) in [5.41, 5.74) is 0.655. The molecule has 0 bridgehead atoms. The topological polar surface area (TPSA) is 29.4 Å². The maximum Gasteiger partial charge on any atom is 0.240 e. The molecule has 1 aromatic heterocycles. The zero-order valence-electron chi connectivity index (χ0n) is 4.30. The summed E-state index contributed by atoms with van der Waals surface area (Å²) in [5.74, 6) is 0. The highest BCUT2D eigenvalue weighted by molar-refractivity contribution is 9.11. The Morgan fingerprint density at radius 3 is 3.00 bits per heavy atom. The summed E-state index contributed by atoms with van der Waals surface area (Å²) in [6.07, 6.45) is 1.46. The maximum atomic E-state index is 9.68. The van der Waals surface area contributed by atoms with E-state index in [2.05, 4.69) is 20.9 Å². The fourth-order valence-electron chi connectivity index (χ4n) is 0.412. The van der Waals surface area contributed by atoms with Crippen LogP contribution in [0.2, 0.25) is 0 Å². The molecule has 0 aliphatic rings. The summed E-state index contributed by atoms with van der Waals surface area (Å²) >= 11 is 4.72. The lowest BCUT2D eigenvalue weighted by Crippen LogP contribution is -1.48. The van der Waals surface area contributed by atoms with Gasteiger partial charge in [0.15, 0.2) is 0 Å². The van der Waals surface area contributed by atoms with Crippen molar-refractivity contribution in [2.75, 3.05) is 0 Å². The van der Waals surface area contributed by atoms with Crippen molar-refractivity contribution in [1.29, 1.82) is 0 Å². The minimum absolute atomic E-state index is 0.655. The molecular weight excluding hydrogens is 202 g/mol. The van der Waals surface area contributed by atoms with Gasteiger partial charge in [0.05, 0.1) is 9.47 Å². The molecule has 0 fully saturated rings. The molecule has 0 radical (unpaired) electrons. The van der Waals surface area contributed by atoms with Crippen molar-refractivity contribution in [3.8, 4) is 0 Å². The highest BCUT2D eigenvalue weighted by atomic mass is 79.9. The van der Waals surface area contributed by atoms with Crippen LogP contribution in [0.5, 0.6) is 0 Å². The third kappa shape index (κ3) is 1.75. The second-order valence-corrected chi connectivity index (χ2v) is 3.60. The van der Waals surface area contributed by atoms with E-state index in [1.807, 2.05) is 0 Å². The number of hydrogen-bond acceptors (Lipinski definition) is 3. The number of aliphatic imine (C=N–C) groups is 1. The second kappa shape index (κ2) is 2.92. The number of thiophene rings is 1. The van der Waals surface area contributed by atoms with Gasteiger partial charge in [0, 0.05) is 5.38 Å². The van der Waals surface area contributed by atoms with E-state index < -0.39 is 0 Å². The van der Waals surface area contributed by atoms with E-state index in [-0.39, 0.29) is 0 Å². The van der Waals surface area contributed by atoms with E-state index in [0.717, 1.165) is 3.79 Å². The number of rotatable bonds is 1. The van der Waals surface area contributed by atoms with E-state index in [1.54, 1.807) is 11.4 Å². The van der Waals surface area contributed by atoms with E-state index in [9.17, 15) is 4.79 Å². The SMILES string of the molecule is O=C=Nc1csc(Br)c1. The Kier molecular flexibility index (Phi) is 2.16. The lowest BCUT2D eigenvalue weighted by Gasteiger charge is -1.70. The van der Waals surface area contributed by atoms with Crippen molar-refractivity contribution in [1.82, 2.24) is 0 Å². The van der Waals surface area contributed by atoms with Gasteiger partial charge in [-0.2, -0.15) is 4.99 Å². The molecule has 0 aromatic carbocycles. The van der Waals surface area contributed by atoms with Crippen LogP contribution in [-0.2, 0) is 4.79 Å². The van der Waals surface area contributed by atoms with Crippen LogP contribution in [0.15, 0.2) is 20.2 Å². The molecule has 0 amide bonds. The Balaban J connectivity index is 2.97. The van der Waals surface area contributed by atoms with Crippen LogP contribution in [0.3, 0.4) is 0 Å². The van der Waals surface area contributed by atoms with Crippen molar-refractivity contribution in [2.24, 2.45) is 4.99 Å². The summed E-state index contributed by atoms with van der Waals surface area (Å²) in [4.78, 5) is 13.1. The zero-order chi connectivity index (χ0) is 6.69. The highest BCUT2D eigenvalue weighted by Crippen LogP contribution is 2.25. The molecule has 2 nitrogen and oxygen atoms in total. The minimum atomic E-state index is 0.655. The molecule has 0 unspecified atom stereocenters. The van der Waals surface area contributed by atoms with Gasteiger partial charge < -0.3 is 0 Å². The average molecular weight is 204 g/mol. The van der Waals surface area contributed by atoms with Gasteiger partial charge in [-0.25, -0.2) is 4.79 Å². The molecule has 1 heterocycles. The van der Waals surface area contributed by atoms with E-state index in [4.69, 9.17) is 0 Å². The zero-order valence-corrected chi connectivity index (χ0v) is 6.70. The number of carbonyl (C=O) groups excluding carboxylic acids is 1. The Bertz CT molecular complexity index is 251. The Hall–Kier alpha value is -0.440. The molecule has 0 saturated heterocycles. The maximum absolute atomic E-state index is 9.68. The second-order valence-electron chi connectivity index (χ2n) is 1.31. The first-order valence-corrected chi connectivity index (χ1v) is 3.82. The fourth-order valence-corrected chi connectivity index (χ4v) is 1.47. The third-order valence-corrected chi connectivity index (χ3v) is 2.22. The molecule has 0 aliphatic carbocycles. The molecular formula is C5H2BrNOS. The van der Waals surface area contributed by atoms with Gasteiger partial charge in [-0.1, -0.05) is 0 Å². The fraction of sp³-hybridized carbons (Fsp3) is 0. The van der Waals surface area contributed by atoms with E-state index >= 15 is 0 Å². The first-order chi connectivity index (χ1) is 4.33. The predicted molar refractivity (Wildman–Crippen MR) is 39.8 cm³/mol. The van der Waals surface area contributed by atoms with Crippen molar-refractivity contribution in [3.05, 3.63) is 15.2 Å². The van der Waals surface area contributed by atoms with Crippen LogP contribution < -0.4 is 0 Å². The number of halogens is 1. The Morgan fingerprint density at radius 1 is 1.78 bits per heavy atom. The molecule has 0 aliphatic heterocycles. The average Bonchev–Trinajstić information content (AvgIpc) is 2.17. The third-order valence-electron chi connectivity index (χ3n) is 0.728. The monoisotopic (exact) mass is 203 g/mol. The van der Waals surface area contributed by atoms with Crippen LogP contribution in [0.4, 0.5) is 5.69 Å². The van der Waals surface area contributed by atoms with Gasteiger partial charge in [-0.15, -0.1) is 11.3 Å². The van der Waals surface area contributed by atoms with Crippen LogP contribution in [-0.4, -0.2) is 6.08 Å². The largest absolute Gasteiger partial charge is 0.240 e. The quantitative estimate of drug-likeness (QED) is 0.510. The van der Waals surface area contributed by atoms with Crippen LogP contribution >= 0.6 is 27.3 Å². The number of hydrogen-bond donors (Lipinski definition) is 0. The number of isocyanates is 1. The predicted octanol–water partition coefficient (Wildman–Crippen LogP) is 2.48. The van der Waals surface area contributed by atoms with Gasteiger partial charge in [-0.05, 0) is 22.0 Å². The summed E-state index contributed by atoms with van der Waals surface area (Å²) in [6, 6.07) is 1.76. The molecule has 0 saturated carbocycles. The summed E-state index contributed by atoms with van der Waals surface area (Å²) in [6.45, 7) is 0. The first-order valence-electron chi connectivity index (χ1n) is 2.15. The summed E-state index contributed by atoms with van der Waals surface area (Å²) in [7, 11) is 0. The standard InChI is InChI=1S/C5H2BrNOS/c6-5-1-4(2-9-5)7-3-8/h1-2H. The van der Waals surface area contributed by atoms with E-state index in [1.165, 1.54) is 17.4 Å². The number of nitrogens with zero attached hydrogens (tertiary/aromatic N) is 1. The lowest BCUT2D eigenvalue weighted by molar-refractivity contribution is 0.565. The van der Waals surface area contributed by atoms with Crippen LogP contribution in [0, 0.1) is 0 Å². The van der Waals surface area contributed by atoms with Crippen molar-refractivity contribution >= 4 is 39.0 Å². The van der Waals surface area contributed by atoms with Crippen molar-refractivity contribution < 1.29 is 4.79 Å². The van der Waals surface area contributed by atoms with Crippen molar-refractivity contribution in [3.63, 3.8) is 0 Å². The normalized spacial score (nSPS) is 8.56. The van der Waals surface area contributed by atoms with E-state index in [0.29, 0.717) is 5.69 Å². The van der Waals surface area contributed by atoms with Crippen LogP contribution in [0.1, 0.15) is 0 Å². The first kappa shape index (κ1) is 6.68. The summed E-state index contributed by atoms with van der Waals surface area (Å²) in [5, 5.41) is 1.77. The minimum Gasteiger partial charge on any atom is -0.211 e. The molecule has 0 N–H and O–H groups in total. The molecule has 4 heteroatoms. The Morgan fingerprint density at radius 2 is 2.56 bits per heavy atom. The molecule has 0 spiro atoms. The molecule has 0 atom stereocenters. The smallest absolute Gasteiger partial charge is 0.211 e. The van der Waals surface area contributed by atoms with Gasteiger partial charge in [0.25, 0.3) is 0 Å². The van der Waals surface area contributed by atoms with Gasteiger partial charge in [0.2, 0.25) is 6.08 Å². The van der Waals surface area contributed by atoms with Gasteiger partial charge >= 0.3 is 0 Å². The molecule has 1 rings (SSSR count). The highest BCUT2D eigenvalue weighted by Gasteiger charge is 1.91. The molecule has 1 aromatic rings. The Labute approximate surface area is 64.4 Å². The molecule has 9 heavy (non-hydrogen) atoms. The molecule has 46 valence electrons. The van der Waals surface area contributed by atoms with Crippen LogP contribution in [0.25, 0.3) is 0 Å².